The SMILES string of the molecule is [CH2]CCCCCCCCCCCc1ccc(Br)cc1. The molecule has 0 saturated heterocycles. The van der Waals surface area contributed by atoms with Gasteiger partial charge in [-0.1, -0.05) is 92.8 Å². The molecule has 1 heteroatoms. The molecule has 0 fully saturated rings. The standard InChI is InChI=1S/C18H28Br/c1-2-3-4-5-6-7-8-9-10-11-12-17-13-15-18(19)16-14-17/h13-16H,1-12H2. The Morgan fingerprint density at radius 1 is 0.684 bits per heavy atom. The van der Waals surface area contributed by atoms with E-state index in [1.54, 1.807) is 0 Å². The van der Waals surface area contributed by atoms with Gasteiger partial charge in [-0.25, -0.2) is 0 Å². The zero-order chi connectivity index (χ0) is 13.8. The predicted octanol–water partition coefficient (Wildman–Crippen LogP) is 6.73. The fraction of sp³-hybridized carbons (Fsp3) is 0.611. The van der Waals surface area contributed by atoms with Gasteiger partial charge in [0, 0.05) is 4.47 Å². The minimum atomic E-state index is 1.11. The average Bonchev–Trinajstić information content (AvgIpc) is 2.43. The van der Waals surface area contributed by atoms with Gasteiger partial charge in [0.05, 0.1) is 0 Å². The number of benzene rings is 1. The van der Waals surface area contributed by atoms with Crippen molar-refractivity contribution in [2.45, 2.75) is 70.6 Å². The van der Waals surface area contributed by atoms with Crippen molar-refractivity contribution in [3.8, 4) is 0 Å². The van der Waals surface area contributed by atoms with Crippen molar-refractivity contribution in [2.75, 3.05) is 0 Å². The van der Waals surface area contributed by atoms with Gasteiger partial charge in [-0.3, -0.25) is 0 Å². The van der Waals surface area contributed by atoms with Gasteiger partial charge < -0.3 is 0 Å². The van der Waals surface area contributed by atoms with E-state index < -0.39 is 0 Å². The fourth-order valence-electron chi connectivity index (χ4n) is 2.39. The molecule has 0 unspecified atom stereocenters. The molecule has 0 aliphatic rings. The van der Waals surface area contributed by atoms with Crippen LogP contribution >= 0.6 is 15.9 Å². The zero-order valence-corrected chi connectivity index (χ0v) is 13.8. The van der Waals surface area contributed by atoms with E-state index in [-0.39, 0.29) is 0 Å². The third-order valence-electron chi connectivity index (χ3n) is 3.63. The molecule has 1 aromatic rings. The highest BCUT2D eigenvalue weighted by Gasteiger charge is 1.95. The Labute approximate surface area is 128 Å². The molecule has 1 radical (unpaired) electrons. The molecule has 107 valence electrons. The molecule has 0 aromatic heterocycles. The van der Waals surface area contributed by atoms with Gasteiger partial charge >= 0.3 is 0 Å². The van der Waals surface area contributed by atoms with Crippen molar-refractivity contribution in [3.05, 3.63) is 41.2 Å². The monoisotopic (exact) mass is 323 g/mol. The highest BCUT2D eigenvalue weighted by Crippen LogP contribution is 2.14. The highest BCUT2D eigenvalue weighted by molar-refractivity contribution is 9.10. The van der Waals surface area contributed by atoms with E-state index in [4.69, 9.17) is 0 Å². The van der Waals surface area contributed by atoms with Crippen molar-refractivity contribution in [3.63, 3.8) is 0 Å². The summed E-state index contributed by atoms with van der Waals surface area (Å²) in [5, 5.41) is 0. The lowest BCUT2D eigenvalue weighted by Crippen LogP contribution is -1.86. The molecule has 1 aromatic carbocycles. The third kappa shape index (κ3) is 9.27. The van der Waals surface area contributed by atoms with Crippen molar-refractivity contribution < 1.29 is 0 Å². The van der Waals surface area contributed by atoms with E-state index in [1.807, 2.05) is 0 Å². The van der Waals surface area contributed by atoms with Crippen LogP contribution < -0.4 is 0 Å². The maximum atomic E-state index is 3.88. The van der Waals surface area contributed by atoms with E-state index in [9.17, 15) is 0 Å². The molecule has 0 N–H and O–H groups in total. The van der Waals surface area contributed by atoms with Crippen LogP contribution in [0.4, 0.5) is 0 Å². The molecule has 0 heterocycles. The summed E-state index contributed by atoms with van der Waals surface area (Å²) in [5.74, 6) is 0. The normalized spacial score (nSPS) is 10.8. The summed E-state index contributed by atoms with van der Waals surface area (Å²) in [6.07, 6.45) is 14.8. The van der Waals surface area contributed by atoms with Crippen LogP contribution in [-0.4, -0.2) is 0 Å². The van der Waals surface area contributed by atoms with Crippen LogP contribution in [0.3, 0.4) is 0 Å². The zero-order valence-electron chi connectivity index (χ0n) is 12.2. The Hall–Kier alpha value is -0.300. The van der Waals surface area contributed by atoms with Gasteiger partial charge in [0.15, 0.2) is 0 Å². The fourth-order valence-corrected chi connectivity index (χ4v) is 2.66. The Bertz CT molecular complexity index is 302. The van der Waals surface area contributed by atoms with Crippen LogP contribution in [0.15, 0.2) is 28.7 Å². The molecule has 19 heavy (non-hydrogen) atoms. The number of hydrogen-bond acceptors (Lipinski definition) is 0. The van der Waals surface area contributed by atoms with E-state index >= 15 is 0 Å². The van der Waals surface area contributed by atoms with Gasteiger partial charge in [-0.15, -0.1) is 0 Å². The largest absolute Gasteiger partial charge is 0.0579 e. The molecule has 0 nitrogen and oxygen atoms in total. The number of rotatable bonds is 11. The van der Waals surface area contributed by atoms with Gasteiger partial charge in [-0.05, 0) is 30.5 Å². The van der Waals surface area contributed by atoms with Crippen LogP contribution in [0.1, 0.15) is 69.8 Å². The summed E-state index contributed by atoms with van der Waals surface area (Å²) in [7, 11) is 0. The van der Waals surface area contributed by atoms with E-state index in [0.29, 0.717) is 0 Å². The first-order valence-corrected chi connectivity index (χ1v) is 8.66. The summed E-state index contributed by atoms with van der Waals surface area (Å²) in [5.41, 5.74) is 1.47. The van der Waals surface area contributed by atoms with Crippen LogP contribution in [0.2, 0.25) is 0 Å². The number of aryl methyl sites for hydroxylation is 1. The van der Waals surface area contributed by atoms with E-state index in [2.05, 4.69) is 47.1 Å². The Kier molecular flexibility index (Phi) is 10.2. The first-order chi connectivity index (χ1) is 9.33. The minimum Gasteiger partial charge on any atom is -0.0579 e. The number of halogens is 1. The summed E-state index contributed by atoms with van der Waals surface area (Å²) in [6, 6.07) is 8.74. The number of unbranched alkanes of at least 4 members (excludes halogenated alkanes) is 9. The van der Waals surface area contributed by atoms with Crippen molar-refractivity contribution in [1.82, 2.24) is 0 Å². The molecule has 1 rings (SSSR count). The maximum absolute atomic E-state index is 3.88. The quantitative estimate of drug-likeness (QED) is 0.396. The smallest absolute Gasteiger partial charge is 0.0175 e. The average molecular weight is 324 g/mol. The summed E-state index contributed by atoms with van der Waals surface area (Å²) in [4.78, 5) is 0. The summed E-state index contributed by atoms with van der Waals surface area (Å²) < 4.78 is 1.18. The molecule has 0 aliphatic heterocycles. The molecule has 0 saturated carbocycles. The van der Waals surface area contributed by atoms with E-state index in [1.165, 1.54) is 74.2 Å². The highest BCUT2D eigenvalue weighted by atomic mass is 79.9. The van der Waals surface area contributed by atoms with Gasteiger partial charge in [-0.2, -0.15) is 0 Å². The van der Waals surface area contributed by atoms with Crippen LogP contribution in [0, 0.1) is 6.92 Å². The summed E-state index contributed by atoms with van der Waals surface area (Å²) >= 11 is 3.47. The molecular weight excluding hydrogens is 296 g/mol. The first-order valence-electron chi connectivity index (χ1n) is 7.86. The second-order valence-electron chi connectivity index (χ2n) is 5.41. The second kappa shape index (κ2) is 11.5. The van der Waals surface area contributed by atoms with E-state index in [0.717, 1.165) is 6.42 Å². The van der Waals surface area contributed by atoms with Crippen molar-refractivity contribution >= 4 is 15.9 Å². The maximum Gasteiger partial charge on any atom is 0.0175 e. The van der Waals surface area contributed by atoms with Crippen LogP contribution in [-0.2, 0) is 6.42 Å². The Morgan fingerprint density at radius 2 is 1.16 bits per heavy atom. The molecule has 0 bridgehead atoms. The third-order valence-corrected chi connectivity index (χ3v) is 4.16. The minimum absolute atomic E-state index is 1.11. The van der Waals surface area contributed by atoms with Gasteiger partial charge in [0.2, 0.25) is 0 Å². The van der Waals surface area contributed by atoms with Gasteiger partial charge in [0.1, 0.15) is 0 Å². The summed E-state index contributed by atoms with van der Waals surface area (Å²) in [6.45, 7) is 3.88. The molecule has 0 spiro atoms. The molecule has 0 amide bonds. The molecular formula is C18H28Br. The van der Waals surface area contributed by atoms with Crippen molar-refractivity contribution in [1.29, 1.82) is 0 Å². The molecule has 0 atom stereocenters. The lowest BCUT2D eigenvalue weighted by Gasteiger charge is -2.03. The van der Waals surface area contributed by atoms with Crippen molar-refractivity contribution in [2.24, 2.45) is 0 Å². The lowest BCUT2D eigenvalue weighted by molar-refractivity contribution is 0.560. The van der Waals surface area contributed by atoms with Gasteiger partial charge in [0.25, 0.3) is 0 Å². The van der Waals surface area contributed by atoms with Crippen LogP contribution in [0.25, 0.3) is 0 Å². The Balaban J connectivity index is 1.87. The lowest BCUT2D eigenvalue weighted by atomic mass is 10.0. The first kappa shape index (κ1) is 16.8. The Morgan fingerprint density at radius 3 is 1.68 bits per heavy atom. The second-order valence-corrected chi connectivity index (χ2v) is 6.33. The topological polar surface area (TPSA) is 0 Å². The van der Waals surface area contributed by atoms with Crippen LogP contribution in [0.5, 0.6) is 0 Å². The predicted molar refractivity (Wildman–Crippen MR) is 89.4 cm³/mol. The number of hydrogen-bond donors (Lipinski definition) is 0. The molecule has 0 aliphatic carbocycles.